The van der Waals surface area contributed by atoms with E-state index in [2.05, 4.69) is 15.6 Å². The molecule has 0 aliphatic carbocycles. The van der Waals surface area contributed by atoms with Gasteiger partial charge in [-0.3, -0.25) is 4.79 Å². The molecule has 0 fully saturated rings. The Balaban J connectivity index is 1.64. The van der Waals surface area contributed by atoms with Gasteiger partial charge in [0.05, 0.1) is 24.7 Å². The summed E-state index contributed by atoms with van der Waals surface area (Å²) in [4.78, 5) is 16.6. The largest absolute Gasteiger partial charge is 0.495 e. The van der Waals surface area contributed by atoms with Crippen LogP contribution >= 0.6 is 11.6 Å². The third-order valence-corrected chi connectivity index (χ3v) is 3.98. The molecular weight excluding hydrogens is 350 g/mol. The molecule has 0 aliphatic heterocycles. The summed E-state index contributed by atoms with van der Waals surface area (Å²) in [6, 6.07) is 18.6. The Hall–Kier alpha value is -3.05. The molecule has 1 aromatic heterocycles. The lowest BCUT2D eigenvalue weighted by molar-refractivity contribution is 0.102. The van der Waals surface area contributed by atoms with Crippen molar-refractivity contribution in [1.29, 1.82) is 0 Å². The van der Waals surface area contributed by atoms with Gasteiger partial charge in [-0.15, -0.1) is 0 Å². The van der Waals surface area contributed by atoms with E-state index in [0.717, 1.165) is 5.69 Å². The number of rotatable bonds is 6. The Bertz CT molecular complexity index is 883. The minimum Gasteiger partial charge on any atom is -0.495 e. The van der Waals surface area contributed by atoms with E-state index in [1.54, 1.807) is 30.5 Å². The predicted molar refractivity (Wildman–Crippen MR) is 104 cm³/mol. The van der Waals surface area contributed by atoms with E-state index in [-0.39, 0.29) is 5.91 Å². The molecule has 0 saturated carbocycles. The van der Waals surface area contributed by atoms with E-state index in [1.807, 2.05) is 36.4 Å². The van der Waals surface area contributed by atoms with Gasteiger partial charge in [0.15, 0.2) is 0 Å². The summed E-state index contributed by atoms with van der Waals surface area (Å²) >= 11 is 5.98. The summed E-state index contributed by atoms with van der Waals surface area (Å²) in [5, 5.41) is 6.54. The monoisotopic (exact) mass is 367 g/mol. The minimum absolute atomic E-state index is 0.303. The van der Waals surface area contributed by atoms with Gasteiger partial charge in [0.2, 0.25) is 0 Å². The fourth-order valence-electron chi connectivity index (χ4n) is 2.40. The number of nitrogens with zero attached hydrogens (tertiary/aromatic N) is 1. The first-order valence-electron chi connectivity index (χ1n) is 8.04. The number of nitrogens with one attached hydrogen (secondary N) is 2. The lowest BCUT2D eigenvalue weighted by atomic mass is 10.2. The number of hydrogen-bond donors (Lipinski definition) is 2. The molecule has 6 heteroatoms. The van der Waals surface area contributed by atoms with Crippen molar-refractivity contribution in [2.24, 2.45) is 0 Å². The van der Waals surface area contributed by atoms with E-state index in [4.69, 9.17) is 16.3 Å². The average molecular weight is 368 g/mol. The minimum atomic E-state index is -0.333. The van der Waals surface area contributed by atoms with E-state index in [1.165, 1.54) is 12.7 Å². The lowest BCUT2D eigenvalue weighted by Gasteiger charge is -2.11. The zero-order valence-corrected chi connectivity index (χ0v) is 15.0. The zero-order valence-electron chi connectivity index (χ0n) is 14.2. The molecule has 2 N–H and O–H groups in total. The van der Waals surface area contributed by atoms with Crippen molar-refractivity contribution in [2.75, 3.05) is 17.7 Å². The van der Waals surface area contributed by atoms with Crippen molar-refractivity contribution in [3.63, 3.8) is 0 Å². The zero-order chi connectivity index (χ0) is 18.4. The van der Waals surface area contributed by atoms with Crippen molar-refractivity contribution in [3.05, 3.63) is 83.1 Å². The molecule has 0 aliphatic rings. The molecule has 0 radical (unpaired) electrons. The Labute approximate surface area is 157 Å². The fourth-order valence-corrected chi connectivity index (χ4v) is 2.57. The van der Waals surface area contributed by atoms with Crippen molar-refractivity contribution >= 4 is 28.9 Å². The average Bonchev–Trinajstić information content (AvgIpc) is 2.68. The van der Waals surface area contributed by atoms with Crippen LogP contribution in [-0.2, 0) is 6.54 Å². The number of amides is 1. The third-order valence-electron chi connectivity index (χ3n) is 3.75. The Morgan fingerprint density at radius 3 is 2.62 bits per heavy atom. The maximum Gasteiger partial charge on any atom is 0.274 e. The second-order valence-electron chi connectivity index (χ2n) is 5.57. The standard InChI is InChI=1S/C20H18ClN3O2/c1-26-19-10-7-15(21)11-18(19)24-20(25)17-9-8-16(13-23-17)22-12-14-5-3-2-4-6-14/h2-11,13,22H,12H2,1H3,(H,24,25). The van der Waals surface area contributed by atoms with Crippen LogP contribution in [0.2, 0.25) is 5.02 Å². The van der Waals surface area contributed by atoms with Crippen LogP contribution in [0.1, 0.15) is 16.1 Å². The summed E-state index contributed by atoms with van der Waals surface area (Å²) in [5.74, 6) is 0.198. The molecule has 2 aromatic carbocycles. The maximum atomic E-state index is 12.4. The second-order valence-corrected chi connectivity index (χ2v) is 6.01. The number of pyridine rings is 1. The number of ether oxygens (including phenoxy) is 1. The quantitative estimate of drug-likeness (QED) is 0.668. The molecule has 1 heterocycles. The molecule has 132 valence electrons. The Kier molecular flexibility index (Phi) is 5.71. The molecular formula is C20H18ClN3O2. The van der Waals surface area contributed by atoms with Crippen molar-refractivity contribution < 1.29 is 9.53 Å². The smallest absolute Gasteiger partial charge is 0.274 e. The van der Waals surface area contributed by atoms with Crippen LogP contribution in [0.5, 0.6) is 5.75 Å². The normalized spacial score (nSPS) is 10.2. The highest BCUT2D eigenvalue weighted by Gasteiger charge is 2.11. The maximum absolute atomic E-state index is 12.4. The highest BCUT2D eigenvalue weighted by molar-refractivity contribution is 6.31. The van der Waals surface area contributed by atoms with Gasteiger partial charge in [-0.25, -0.2) is 4.98 Å². The number of carbonyl (C=O) groups excluding carboxylic acids is 1. The predicted octanol–water partition coefficient (Wildman–Crippen LogP) is 4.61. The lowest BCUT2D eigenvalue weighted by Crippen LogP contribution is -2.14. The van der Waals surface area contributed by atoms with Gasteiger partial charge in [-0.1, -0.05) is 41.9 Å². The number of hydrogen-bond acceptors (Lipinski definition) is 4. The second kappa shape index (κ2) is 8.36. The molecule has 0 atom stereocenters. The molecule has 0 unspecified atom stereocenters. The van der Waals surface area contributed by atoms with Crippen LogP contribution in [0, 0.1) is 0 Å². The highest BCUT2D eigenvalue weighted by atomic mass is 35.5. The number of methoxy groups -OCH3 is 1. The topological polar surface area (TPSA) is 63.2 Å². The molecule has 5 nitrogen and oxygen atoms in total. The van der Waals surface area contributed by atoms with Crippen LogP contribution in [0.4, 0.5) is 11.4 Å². The first kappa shape index (κ1) is 17.8. The van der Waals surface area contributed by atoms with E-state index >= 15 is 0 Å². The van der Waals surface area contributed by atoms with Gasteiger partial charge in [-0.05, 0) is 35.9 Å². The summed E-state index contributed by atoms with van der Waals surface area (Å²) in [7, 11) is 1.53. The van der Waals surface area contributed by atoms with Crippen molar-refractivity contribution in [3.8, 4) is 5.75 Å². The molecule has 3 aromatic rings. The molecule has 1 amide bonds. The van der Waals surface area contributed by atoms with Crippen molar-refractivity contribution in [1.82, 2.24) is 4.98 Å². The number of aromatic nitrogens is 1. The molecule has 0 spiro atoms. The van der Waals surface area contributed by atoms with E-state index in [9.17, 15) is 4.79 Å². The van der Waals surface area contributed by atoms with E-state index in [0.29, 0.717) is 28.7 Å². The number of carbonyl (C=O) groups is 1. The first-order chi connectivity index (χ1) is 12.7. The first-order valence-corrected chi connectivity index (χ1v) is 8.42. The van der Waals surface area contributed by atoms with Gasteiger partial charge in [0, 0.05) is 11.6 Å². The molecule has 0 bridgehead atoms. The summed E-state index contributed by atoms with van der Waals surface area (Å²) in [6.45, 7) is 0.688. The summed E-state index contributed by atoms with van der Waals surface area (Å²) in [5.41, 5.74) is 2.81. The van der Waals surface area contributed by atoms with Gasteiger partial charge in [0.1, 0.15) is 11.4 Å². The van der Waals surface area contributed by atoms with Gasteiger partial charge < -0.3 is 15.4 Å². The highest BCUT2D eigenvalue weighted by Crippen LogP contribution is 2.28. The SMILES string of the molecule is COc1ccc(Cl)cc1NC(=O)c1ccc(NCc2ccccc2)cn1. The number of halogens is 1. The molecule has 3 rings (SSSR count). The van der Waals surface area contributed by atoms with Crippen LogP contribution < -0.4 is 15.4 Å². The van der Waals surface area contributed by atoms with Gasteiger partial charge in [0.25, 0.3) is 5.91 Å². The fraction of sp³-hybridized carbons (Fsp3) is 0.100. The van der Waals surface area contributed by atoms with Crippen LogP contribution in [-0.4, -0.2) is 18.0 Å². The van der Waals surface area contributed by atoms with Gasteiger partial charge >= 0.3 is 0 Å². The van der Waals surface area contributed by atoms with Crippen LogP contribution in [0.15, 0.2) is 66.9 Å². The van der Waals surface area contributed by atoms with E-state index < -0.39 is 0 Å². The van der Waals surface area contributed by atoms with Crippen molar-refractivity contribution in [2.45, 2.75) is 6.54 Å². The summed E-state index contributed by atoms with van der Waals surface area (Å²) < 4.78 is 5.23. The Morgan fingerprint density at radius 2 is 1.92 bits per heavy atom. The molecule has 0 saturated heterocycles. The van der Waals surface area contributed by atoms with Crippen LogP contribution in [0.25, 0.3) is 0 Å². The third kappa shape index (κ3) is 4.52. The number of anilines is 2. The summed E-state index contributed by atoms with van der Waals surface area (Å²) in [6.07, 6.45) is 1.63. The van der Waals surface area contributed by atoms with Crippen LogP contribution in [0.3, 0.4) is 0 Å². The Morgan fingerprint density at radius 1 is 1.12 bits per heavy atom. The van der Waals surface area contributed by atoms with Gasteiger partial charge in [-0.2, -0.15) is 0 Å². The number of benzene rings is 2. The molecule has 26 heavy (non-hydrogen) atoms.